The fraction of sp³-hybridized carbons (Fsp3) is 0.768. The second kappa shape index (κ2) is 27.0. The van der Waals surface area contributed by atoms with E-state index < -0.39 is 92.1 Å². The fourth-order valence-electron chi connectivity index (χ4n) is 10.6. The summed E-state index contributed by atoms with van der Waals surface area (Å²) < 4.78 is 36.8. The van der Waals surface area contributed by atoms with Crippen LogP contribution in [0.15, 0.2) is 47.6 Å². The molecule has 0 aromatic rings. The second-order valence-electron chi connectivity index (χ2n) is 23.1. The van der Waals surface area contributed by atoms with Gasteiger partial charge in [-0.3, -0.25) is 19.2 Å². The van der Waals surface area contributed by atoms with Gasteiger partial charge in [-0.1, -0.05) is 84.9 Å². The van der Waals surface area contributed by atoms with Gasteiger partial charge in [-0.15, -0.1) is 0 Å². The summed E-state index contributed by atoms with van der Waals surface area (Å²) in [6, 6.07) is -2.00. The first-order valence-corrected chi connectivity index (χ1v) is 29.5. The highest BCUT2D eigenvalue weighted by molar-refractivity contribution is 6.74. The standard InChI is InChI=1S/C56H92N2O13Si/c1-34-20-16-15-17-21-35(2)46(66-10)32-41-25-23-39(6)56(65,70-41)52(62)53(63)58-27-19-18-22-43(58)54(64)69-47(33-44(59)36(3)29-38(5)50(61)51(68-12)49(60)37(4)28-34)42(57)30-40-24-26-45(48(31-40)67-11)71-72(13,14)55(7,8)9/h15-17,20-21,29,34,36-37,39-43,45-48,50-51,61,65H,18-19,22-28,30-33,57H2,1-14H3/b17-15+,20-16+,35-21+,38-29+/t34-,36-,37-,39-,40+,41+,42-,43+,45?,46+,47+,48-,50-,51+,56-/m1/s1. The first-order chi connectivity index (χ1) is 33.7. The number of aliphatic hydroxyl groups excluding tert-OH is 1. The Balaban J connectivity index is 1.70. The molecule has 408 valence electrons. The van der Waals surface area contributed by atoms with E-state index in [0.717, 1.165) is 18.4 Å². The summed E-state index contributed by atoms with van der Waals surface area (Å²) in [5.74, 6) is -7.93. The second-order valence-corrected chi connectivity index (χ2v) is 27.9. The third-order valence-corrected chi connectivity index (χ3v) is 21.0. The van der Waals surface area contributed by atoms with E-state index in [4.69, 9.17) is 33.8 Å². The van der Waals surface area contributed by atoms with Gasteiger partial charge in [-0.2, -0.15) is 0 Å². The number of carbonyl (C=O) groups is 5. The first kappa shape index (κ1) is 61.4. The molecule has 4 rings (SSSR count). The summed E-state index contributed by atoms with van der Waals surface area (Å²) >= 11 is 0. The molecule has 0 spiro atoms. The van der Waals surface area contributed by atoms with Gasteiger partial charge in [0.2, 0.25) is 5.79 Å². The Morgan fingerprint density at radius 2 is 1.56 bits per heavy atom. The number of rotatable bonds is 8. The number of ether oxygens (including phenoxy) is 5. The van der Waals surface area contributed by atoms with Crippen molar-refractivity contribution in [1.29, 1.82) is 0 Å². The summed E-state index contributed by atoms with van der Waals surface area (Å²) in [6.07, 6.45) is 11.5. The van der Waals surface area contributed by atoms with Gasteiger partial charge < -0.3 is 49.0 Å². The number of Topliss-reactive ketones (excluding diaryl/α,β-unsaturated/α-hetero) is 3. The minimum Gasteiger partial charge on any atom is -0.459 e. The van der Waals surface area contributed by atoms with E-state index in [1.807, 2.05) is 51.2 Å². The highest BCUT2D eigenvalue weighted by Gasteiger charge is 2.53. The molecule has 0 aromatic carbocycles. The third-order valence-electron chi connectivity index (χ3n) is 16.4. The molecule has 1 aliphatic carbocycles. The molecule has 3 aliphatic heterocycles. The number of carbonyl (C=O) groups excluding carboxylic acids is 5. The quantitative estimate of drug-likeness (QED) is 0.0914. The molecule has 2 bridgehead atoms. The minimum absolute atomic E-state index is 0.0107. The van der Waals surface area contributed by atoms with Crippen molar-refractivity contribution in [2.75, 3.05) is 27.9 Å². The Labute approximate surface area is 432 Å². The number of nitrogens with two attached hydrogens (primary N) is 1. The van der Waals surface area contributed by atoms with Crippen molar-refractivity contribution in [2.45, 2.75) is 218 Å². The van der Waals surface area contributed by atoms with E-state index in [-0.39, 0.29) is 60.0 Å². The maximum absolute atomic E-state index is 14.5. The molecule has 1 amide bonds. The predicted molar refractivity (Wildman–Crippen MR) is 280 cm³/mol. The molecule has 15 nitrogen and oxygen atoms in total. The third kappa shape index (κ3) is 15.9. The molecule has 15 atom stereocenters. The van der Waals surface area contributed by atoms with Gasteiger partial charge in [-0.05, 0) is 119 Å². The lowest BCUT2D eigenvalue weighted by molar-refractivity contribution is -0.265. The van der Waals surface area contributed by atoms with Crippen LogP contribution >= 0.6 is 0 Å². The number of esters is 1. The number of cyclic esters (lactones) is 1. The van der Waals surface area contributed by atoms with Crippen LogP contribution in [0.1, 0.15) is 139 Å². The number of ketones is 3. The normalized spacial score (nSPS) is 38.2. The highest BCUT2D eigenvalue weighted by Crippen LogP contribution is 2.42. The summed E-state index contributed by atoms with van der Waals surface area (Å²) in [6.45, 7) is 21.9. The average Bonchev–Trinajstić information content (AvgIpc) is 3.32. The van der Waals surface area contributed by atoms with Gasteiger partial charge in [0.1, 0.15) is 30.1 Å². The maximum Gasteiger partial charge on any atom is 0.329 e. The lowest BCUT2D eigenvalue weighted by atomic mass is 9.80. The zero-order valence-electron chi connectivity index (χ0n) is 46.1. The van der Waals surface area contributed by atoms with Gasteiger partial charge in [0, 0.05) is 64.5 Å². The predicted octanol–water partition coefficient (Wildman–Crippen LogP) is 7.90. The molecule has 2 saturated heterocycles. The smallest absolute Gasteiger partial charge is 0.329 e. The molecular formula is C56H92N2O13Si. The Morgan fingerprint density at radius 1 is 0.861 bits per heavy atom. The molecule has 72 heavy (non-hydrogen) atoms. The molecule has 0 radical (unpaired) electrons. The van der Waals surface area contributed by atoms with Crippen LogP contribution in [-0.2, 0) is 52.1 Å². The number of nitrogens with zero attached hydrogens (tertiary/aromatic N) is 1. The van der Waals surface area contributed by atoms with Gasteiger partial charge >= 0.3 is 5.97 Å². The lowest BCUT2D eigenvalue weighted by Gasteiger charge is -2.44. The molecule has 3 fully saturated rings. The van der Waals surface area contributed by atoms with Crippen molar-refractivity contribution in [3.05, 3.63) is 47.6 Å². The van der Waals surface area contributed by atoms with E-state index in [9.17, 15) is 34.2 Å². The van der Waals surface area contributed by atoms with Crippen LogP contribution in [-0.4, -0.2) is 141 Å². The van der Waals surface area contributed by atoms with E-state index >= 15 is 0 Å². The number of amides is 1. The zero-order valence-corrected chi connectivity index (χ0v) is 47.1. The van der Waals surface area contributed by atoms with E-state index in [1.54, 1.807) is 41.1 Å². The number of aliphatic hydroxyl groups is 2. The zero-order chi connectivity index (χ0) is 53.9. The SMILES string of the molecule is CO[C@H]1C[C@@H]2CC[C@@H](C)[C@@](O)(O2)C(=O)C(=O)N2CCCC[C@H]2C(=O)O[C@H]([C@H](N)C[C@@H]2CCC(O[Si](C)(C)C(C)(C)C)[C@H](OC)C2)CC(=O)[C@H](C)/C=C(\C)[C@@H](O)[C@@H](OC)C(=O)[C@H](C)C[C@H](C)/C=C/C=C/C=C/1C. The monoisotopic (exact) mass is 1030 g/mol. The van der Waals surface area contributed by atoms with Crippen molar-refractivity contribution in [1.82, 2.24) is 4.90 Å². The number of hydrogen-bond acceptors (Lipinski definition) is 14. The van der Waals surface area contributed by atoms with E-state index in [0.29, 0.717) is 56.9 Å². The molecule has 1 unspecified atom stereocenters. The number of fused-ring (bicyclic) bond motifs is 3. The summed E-state index contributed by atoms with van der Waals surface area (Å²) in [4.78, 5) is 72.5. The molecule has 4 N–H and O–H groups in total. The molecule has 1 saturated carbocycles. The van der Waals surface area contributed by atoms with Crippen LogP contribution in [0.2, 0.25) is 18.1 Å². The molecule has 16 heteroatoms. The molecule has 0 aromatic heterocycles. The average molecular weight is 1030 g/mol. The topological polar surface area (TPSA) is 210 Å². The van der Waals surface area contributed by atoms with Gasteiger partial charge in [-0.25, -0.2) is 4.79 Å². The summed E-state index contributed by atoms with van der Waals surface area (Å²) in [5, 5.41) is 23.6. The van der Waals surface area contributed by atoms with Crippen LogP contribution in [0, 0.1) is 29.6 Å². The summed E-state index contributed by atoms with van der Waals surface area (Å²) in [7, 11) is 2.53. The largest absolute Gasteiger partial charge is 0.459 e. The van der Waals surface area contributed by atoms with Crippen LogP contribution in [0.4, 0.5) is 0 Å². The minimum atomic E-state index is -2.45. The molecule has 4 aliphatic rings. The van der Waals surface area contributed by atoms with Crippen LogP contribution < -0.4 is 5.73 Å². The number of piperidine rings is 1. The van der Waals surface area contributed by atoms with Crippen molar-refractivity contribution >= 4 is 37.5 Å². The summed E-state index contributed by atoms with van der Waals surface area (Å²) in [5.41, 5.74) is 8.28. The Bertz CT molecular complexity index is 1980. The first-order valence-electron chi connectivity index (χ1n) is 26.6. The highest BCUT2D eigenvalue weighted by atomic mass is 28.4. The van der Waals surface area contributed by atoms with Gasteiger partial charge in [0.15, 0.2) is 14.1 Å². The number of hydrogen-bond donors (Lipinski definition) is 3. The van der Waals surface area contributed by atoms with Gasteiger partial charge in [0.25, 0.3) is 11.7 Å². The van der Waals surface area contributed by atoms with E-state index in [2.05, 4.69) is 33.9 Å². The number of methoxy groups -OCH3 is 3. The lowest BCUT2D eigenvalue weighted by Crippen LogP contribution is -2.61. The van der Waals surface area contributed by atoms with Crippen molar-refractivity contribution in [2.24, 2.45) is 35.3 Å². The van der Waals surface area contributed by atoms with Crippen LogP contribution in [0.3, 0.4) is 0 Å². The Kier molecular flexibility index (Phi) is 23.0. The van der Waals surface area contributed by atoms with E-state index in [1.165, 1.54) is 12.0 Å². The van der Waals surface area contributed by atoms with Crippen LogP contribution in [0.25, 0.3) is 0 Å². The van der Waals surface area contributed by atoms with Crippen molar-refractivity contribution in [3.8, 4) is 0 Å². The van der Waals surface area contributed by atoms with Gasteiger partial charge in [0.05, 0.1) is 24.4 Å². The van der Waals surface area contributed by atoms with Crippen LogP contribution in [0.5, 0.6) is 0 Å². The Morgan fingerprint density at radius 3 is 2.19 bits per heavy atom. The van der Waals surface area contributed by atoms with Crippen molar-refractivity contribution in [3.63, 3.8) is 0 Å². The molecule has 3 heterocycles. The molecular weight excluding hydrogens is 937 g/mol. The maximum atomic E-state index is 14.5. The number of allylic oxidation sites excluding steroid dienone is 6. The fourth-order valence-corrected chi connectivity index (χ4v) is 12.0. The Hall–Kier alpha value is -3.19. The van der Waals surface area contributed by atoms with Crippen molar-refractivity contribution < 1.29 is 62.3 Å².